The fraction of sp³-hybridized carbons (Fsp3) is 0.118. The number of carbonyl (C=O) groups is 1. The summed E-state index contributed by atoms with van der Waals surface area (Å²) in [7, 11) is 0. The summed E-state index contributed by atoms with van der Waals surface area (Å²) in [6.07, 6.45) is 0. The van der Waals surface area contributed by atoms with Crippen molar-refractivity contribution in [3.8, 4) is 0 Å². The Morgan fingerprint density at radius 3 is 1.75 bits per heavy atom. The molecule has 2 aromatic rings. The first-order valence-electron chi connectivity index (χ1n) is 6.30. The summed E-state index contributed by atoms with van der Waals surface area (Å²) in [6, 6.07) is 19.8. The molecule has 0 aliphatic heterocycles. The van der Waals surface area contributed by atoms with Gasteiger partial charge in [-0.2, -0.15) is 0 Å². The van der Waals surface area contributed by atoms with Crippen molar-refractivity contribution in [3.63, 3.8) is 0 Å². The summed E-state index contributed by atoms with van der Waals surface area (Å²) < 4.78 is 5.36. The van der Waals surface area contributed by atoms with Crippen LogP contribution in [0.5, 0.6) is 0 Å². The molecule has 102 valence electrons. The predicted molar refractivity (Wildman–Crippen MR) is 84.5 cm³/mol. The molecule has 2 aromatic carbocycles. The van der Waals surface area contributed by atoms with Gasteiger partial charge in [-0.25, -0.2) is 0 Å². The third-order valence-electron chi connectivity index (χ3n) is 2.79. The van der Waals surface area contributed by atoms with E-state index in [2.05, 4.69) is 15.9 Å². The summed E-state index contributed by atoms with van der Waals surface area (Å²) in [5, 5.41) is 0.478. The number of carbonyl (C=O) groups excluding carboxylic acids is 1. The highest BCUT2D eigenvalue weighted by atomic mass is 79.9. The first-order valence-corrected chi connectivity index (χ1v) is 7.43. The van der Waals surface area contributed by atoms with Gasteiger partial charge in [0.15, 0.2) is 0 Å². The molecular formula is C17H15BrO2. The number of rotatable bonds is 4. The Morgan fingerprint density at radius 1 is 0.950 bits per heavy atom. The summed E-state index contributed by atoms with van der Waals surface area (Å²) in [4.78, 5) is 11.3. The lowest BCUT2D eigenvalue weighted by atomic mass is 9.97. The Labute approximate surface area is 127 Å². The summed E-state index contributed by atoms with van der Waals surface area (Å²) in [5.74, 6) is 0.304. The molecule has 0 saturated heterocycles. The van der Waals surface area contributed by atoms with Crippen LogP contribution in [0.25, 0.3) is 5.57 Å². The fourth-order valence-electron chi connectivity index (χ4n) is 2.02. The van der Waals surface area contributed by atoms with Crippen LogP contribution in [0.4, 0.5) is 0 Å². The molecule has 2 rings (SSSR count). The molecule has 0 bridgehead atoms. The average Bonchev–Trinajstić information content (AvgIpc) is 2.48. The van der Waals surface area contributed by atoms with Crippen molar-refractivity contribution in [2.45, 2.75) is 6.92 Å². The lowest BCUT2D eigenvalue weighted by molar-refractivity contribution is -0.136. The average molecular weight is 331 g/mol. The molecule has 0 atom stereocenters. The zero-order valence-electron chi connectivity index (χ0n) is 11.2. The minimum absolute atomic E-state index is 0.316. The largest absolute Gasteiger partial charge is 0.430 e. The number of hydrogen-bond acceptors (Lipinski definition) is 2. The number of hydrogen-bond donors (Lipinski definition) is 0. The standard InChI is InChI=1S/C17H15BrO2/c1-13(19)20-16(12-18)17(14-8-4-2-5-9-14)15-10-6-3-7-11-15/h2-11H,12H2,1H3. The summed E-state index contributed by atoms with van der Waals surface area (Å²) >= 11 is 3.40. The molecule has 20 heavy (non-hydrogen) atoms. The highest BCUT2D eigenvalue weighted by Gasteiger charge is 2.13. The first-order chi connectivity index (χ1) is 9.72. The van der Waals surface area contributed by atoms with Crippen LogP contribution >= 0.6 is 15.9 Å². The quantitative estimate of drug-likeness (QED) is 0.471. The second-order valence-corrected chi connectivity index (χ2v) is 4.82. The highest BCUT2D eigenvalue weighted by Crippen LogP contribution is 2.28. The van der Waals surface area contributed by atoms with E-state index in [0.29, 0.717) is 11.1 Å². The minimum Gasteiger partial charge on any atom is -0.430 e. The van der Waals surface area contributed by atoms with Gasteiger partial charge in [-0.3, -0.25) is 4.79 Å². The maximum atomic E-state index is 11.3. The fourth-order valence-corrected chi connectivity index (χ4v) is 2.41. The number of esters is 1. The van der Waals surface area contributed by atoms with E-state index in [1.165, 1.54) is 6.92 Å². The van der Waals surface area contributed by atoms with Gasteiger partial charge >= 0.3 is 5.97 Å². The number of ether oxygens (including phenoxy) is 1. The summed E-state index contributed by atoms with van der Waals surface area (Å²) in [6.45, 7) is 1.41. The van der Waals surface area contributed by atoms with Gasteiger partial charge in [-0.1, -0.05) is 76.6 Å². The second kappa shape index (κ2) is 7.06. The molecule has 0 radical (unpaired) electrons. The molecule has 2 nitrogen and oxygen atoms in total. The van der Waals surface area contributed by atoms with Crippen LogP contribution in [0.1, 0.15) is 18.1 Å². The number of benzene rings is 2. The van der Waals surface area contributed by atoms with Crippen molar-refractivity contribution in [2.75, 3.05) is 5.33 Å². The van der Waals surface area contributed by atoms with Crippen LogP contribution in [0.15, 0.2) is 66.4 Å². The zero-order valence-corrected chi connectivity index (χ0v) is 12.8. The van der Waals surface area contributed by atoms with Gasteiger partial charge in [0, 0.05) is 12.5 Å². The number of allylic oxidation sites excluding steroid dienone is 1. The van der Waals surface area contributed by atoms with Crippen molar-refractivity contribution in [1.82, 2.24) is 0 Å². The summed E-state index contributed by atoms with van der Waals surface area (Å²) in [5.41, 5.74) is 2.97. The number of alkyl halides is 1. The van der Waals surface area contributed by atoms with E-state index in [1.54, 1.807) is 0 Å². The van der Waals surface area contributed by atoms with E-state index in [9.17, 15) is 4.79 Å². The van der Waals surface area contributed by atoms with E-state index in [4.69, 9.17) is 4.74 Å². The van der Waals surface area contributed by atoms with E-state index in [0.717, 1.165) is 16.7 Å². The first kappa shape index (κ1) is 14.5. The van der Waals surface area contributed by atoms with Crippen LogP contribution < -0.4 is 0 Å². The molecule has 3 heteroatoms. The molecule has 0 heterocycles. The SMILES string of the molecule is CC(=O)OC(CBr)=C(c1ccccc1)c1ccccc1. The molecule has 0 unspecified atom stereocenters. The maximum absolute atomic E-state index is 11.3. The van der Waals surface area contributed by atoms with Crippen LogP contribution in [0.3, 0.4) is 0 Å². The van der Waals surface area contributed by atoms with Gasteiger partial charge < -0.3 is 4.74 Å². The number of halogens is 1. The Hall–Kier alpha value is -1.87. The Morgan fingerprint density at radius 2 is 1.40 bits per heavy atom. The van der Waals surface area contributed by atoms with Crippen molar-refractivity contribution in [1.29, 1.82) is 0 Å². The molecule has 0 amide bonds. The molecule has 0 aromatic heterocycles. The van der Waals surface area contributed by atoms with Gasteiger partial charge in [-0.15, -0.1) is 0 Å². The lowest BCUT2D eigenvalue weighted by Gasteiger charge is -2.14. The molecular weight excluding hydrogens is 316 g/mol. The third kappa shape index (κ3) is 3.58. The van der Waals surface area contributed by atoms with Crippen molar-refractivity contribution >= 4 is 27.5 Å². The van der Waals surface area contributed by atoms with E-state index >= 15 is 0 Å². The topological polar surface area (TPSA) is 26.3 Å². The monoisotopic (exact) mass is 330 g/mol. The van der Waals surface area contributed by atoms with E-state index < -0.39 is 0 Å². The molecule has 0 spiro atoms. The van der Waals surface area contributed by atoms with Gasteiger partial charge in [0.05, 0.1) is 5.33 Å². The molecule has 0 aliphatic carbocycles. The lowest BCUT2D eigenvalue weighted by Crippen LogP contribution is -2.04. The molecule has 0 fully saturated rings. The van der Waals surface area contributed by atoms with Crippen molar-refractivity contribution < 1.29 is 9.53 Å². The third-order valence-corrected chi connectivity index (χ3v) is 3.30. The van der Waals surface area contributed by atoms with E-state index in [-0.39, 0.29) is 5.97 Å². The normalized spacial score (nSPS) is 9.90. The maximum Gasteiger partial charge on any atom is 0.307 e. The van der Waals surface area contributed by atoms with Crippen molar-refractivity contribution in [3.05, 3.63) is 77.5 Å². The van der Waals surface area contributed by atoms with Crippen LogP contribution in [-0.2, 0) is 9.53 Å². The van der Waals surface area contributed by atoms with Gasteiger partial charge in [0.25, 0.3) is 0 Å². The van der Waals surface area contributed by atoms with Crippen LogP contribution in [-0.4, -0.2) is 11.3 Å². The van der Waals surface area contributed by atoms with Crippen LogP contribution in [0.2, 0.25) is 0 Å². The second-order valence-electron chi connectivity index (χ2n) is 4.26. The predicted octanol–water partition coefficient (Wildman–Crippen LogP) is 4.40. The van der Waals surface area contributed by atoms with Gasteiger partial charge in [-0.05, 0) is 11.1 Å². The minimum atomic E-state index is -0.316. The molecule has 0 N–H and O–H groups in total. The zero-order chi connectivity index (χ0) is 14.4. The Kier molecular flexibility index (Phi) is 5.13. The van der Waals surface area contributed by atoms with Gasteiger partial charge in [0.1, 0.15) is 5.76 Å². The van der Waals surface area contributed by atoms with Gasteiger partial charge in [0.2, 0.25) is 0 Å². The van der Waals surface area contributed by atoms with Crippen molar-refractivity contribution in [2.24, 2.45) is 0 Å². The molecule has 0 saturated carbocycles. The molecule has 0 aliphatic rings. The Balaban J connectivity index is 2.60. The van der Waals surface area contributed by atoms with E-state index in [1.807, 2.05) is 60.7 Å². The smallest absolute Gasteiger partial charge is 0.307 e. The Bertz CT molecular complexity index is 562. The van der Waals surface area contributed by atoms with Crippen LogP contribution in [0, 0.1) is 0 Å². The highest BCUT2D eigenvalue weighted by molar-refractivity contribution is 9.09.